The molecular weight excluding hydrogens is 264 g/mol. The Balaban J connectivity index is 1.96. The minimum absolute atomic E-state index is 0.620. The highest BCUT2D eigenvalue weighted by molar-refractivity contribution is 5.83. The molecular formula is C15H14N6. The quantitative estimate of drug-likeness (QED) is 0.717. The molecule has 1 aliphatic rings. The van der Waals surface area contributed by atoms with Crippen LogP contribution in [0.1, 0.15) is 12.0 Å². The Bertz CT molecular complexity index is 862. The normalized spacial score (nSPS) is 14.2. The molecule has 0 spiro atoms. The Morgan fingerprint density at radius 2 is 2.00 bits per heavy atom. The van der Waals surface area contributed by atoms with Gasteiger partial charge in [0.05, 0.1) is 23.6 Å². The van der Waals surface area contributed by atoms with E-state index in [1.165, 1.54) is 6.42 Å². The summed E-state index contributed by atoms with van der Waals surface area (Å²) in [5.41, 5.74) is 4.71. The van der Waals surface area contributed by atoms with Crippen molar-refractivity contribution in [3.63, 3.8) is 0 Å². The highest BCUT2D eigenvalue weighted by atomic mass is 15.3. The maximum absolute atomic E-state index is 9.28. The lowest BCUT2D eigenvalue weighted by atomic mass is 10.1. The molecule has 1 saturated heterocycles. The van der Waals surface area contributed by atoms with E-state index in [0.29, 0.717) is 5.56 Å². The third-order valence-electron chi connectivity index (χ3n) is 3.95. The van der Waals surface area contributed by atoms with Crippen LogP contribution in [0.3, 0.4) is 0 Å². The molecule has 0 atom stereocenters. The molecule has 0 N–H and O–H groups in total. The molecule has 104 valence electrons. The number of hydrogen-bond acceptors (Lipinski definition) is 4. The first-order valence-corrected chi connectivity index (χ1v) is 6.92. The van der Waals surface area contributed by atoms with Crippen molar-refractivity contribution in [3.8, 4) is 17.2 Å². The van der Waals surface area contributed by atoms with Gasteiger partial charge < -0.3 is 4.90 Å². The number of aryl methyl sites for hydroxylation is 1. The molecule has 0 radical (unpaired) electrons. The van der Waals surface area contributed by atoms with E-state index in [9.17, 15) is 5.26 Å². The number of anilines is 1. The van der Waals surface area contributed by atoms with Gasteiger partial charge in [0.2, 0.25) is 0 Å². The smallest absolute Gasteiger partial charge is 0.107 e. The van der Waals surface area contributed by atoms with Crippen molar-refractivity contribution in [3.05, 3.63) is 36.4 Å². The van der Waals surface area contributed by atoms with E-state index in [1.807, 2.05) is 25.6 Å². The minimum atomic E-state index is 0.620. The van der Waals surface area contributed by atoms with Crippen LogP contribution in [-0.2, 0) is 7.05 Å². The third kappa shape index (κ3) is 1.78. The molecule has 1 fully saturated rings. The molecule has 6 nitrogen and oxygen atoms in total. The number of aromatic nitrogens is 4. The van der Waals surface area contributed by atoms with Crippen LogP contribution in [0.15, 0.2) is 30.9 Å². The molecule has 0 saturated carbocycles. The van der Waals surface area contributed by atoms with Gasteiger partial charge in [-0.25, -0.2) is 4.52 Å². The van der Waals surface area contributed by atoms with E-state index >= 15 is 0 Å². The average molecular weight is 278 g/mol. The predicted octanol–water partition coefficient (Wildman–Crippen LogP) is 1.82. The van der Waals surface area contributed by atoms with E-state index in [1.54, 1.807) is 15.4 Å². The van der Waals surface area contributed by atoms with Gasteiger partial charge in [0.25, 0.3) is 0 Å². The van der Waals surface area contributed by atoms with E-state index in [2.05, 4.69) is 27.2 Å². The number of rotatable bonds is 2. The Morgan fingerprint density at radius 1 is 1.14 bits per heavy atom. The zero-order chi connectivity index (χ0) is 14.4. The van der Waals surface area contributed by atoms with E-state index in [0.717, 1.165) is 35.4 Å². The molecule has 6 heteroatoms. The number of nitrogens with zero attached hydrogens (tertiary/aromatic N) is 6. The molecule has 3 aromatic heterocycles. The molecule has 1 aliphatic heterocycles. The van der Waals surface area contributed by atoms with Gasteiger partial charge in [-0.2, -0.15) is 15.5 Å². The van der Waals surface area contributed by atoms with Crippen LogP contribution in [0.2, 0.25) is 0 Å². The zero-order valence-electron chi connectivity index (χ0n) is 11.7. The first kappa shape index (κ1) is 12.0. The summed E-state index contributed by atoms with van der Waals surface area (Å²) in [4.78, 5) is 2.29. The SMILES string of the molecule is Cn1cc(-c2cc(N3CCC3)c3c(C#N)cnn3c2)cn1. The Labute approximate surface area is 121 Å². The minimum Gasteiger partial charge on any atom is -0.370 e. The molecule has 0 aliphatic carbocycles. The standard InChI is InChI=1S/C15H14N6/c1-19-9-13(8-17-19)11-5-14(20-3-2-4-20)15-12(6-16)7-18-21(15)10-11/h5,7-10H,2-4H2,1H3. The lowest BCUT2D eigenvalue weighted by Crippen LogP contribution is -2.37. The fourth-order valence-electron chi connectivity index (χ4n) is 2.71. The molecule has 4 rings (SSSR count). The number of nitriles is 1. The van der Waals surface area contributed by atoms with E-state index in [4.69, 9.17) is 0 Å². The van der Waals surface area contributed by atoms with Crippen LogP contribution in [-0.4, -0.2) is 32.5 Å². The Morgan fingerprint density at radius 3 is 2.62 bits per heavy atom. The van der Waals surface area contributed by atoms with Crippen molar-refractivity contribution in [1.82, 2.24) is 19.4 Å². The Kier molecular flexibility index (Phi) is 2.48. The van der Waals surface area contributed by atoms with Crippen LogP contribution in [0.25, 0.3) is 16.6 Å². The first-order chi connectivity index (χ1) is 10.3. The van der Waals surface area contributed by atoms with E-state index < -0.39 is 0 Å². The summed E-state index contributed by atoms with van der Waals surface area (Å²) >= 11 is 0. The summed E-state index contributed by atoms with van der Waals surface area (Å²) < 4.78 is 3.58. The zero-order valence-corrected chi connectivity index (χ0v) is 11.7. The first-order valence-electron chi connectivity index (χ1n) is 6.92. The van der Waals surface area contributed by atoms with Crippen molar-refractivity contribution in [2.75, 3.05) is 18.0 Å². The predicted molar refractivity (Wildman–Crippen MR) is 78.9 cm³/mol. The molecule has 0 bridgehead atoms. The van der Waals surface area contributed by atoms with Crippen molar-refractivity contribution >= 4 is 11.2 Å². The van der Waals surface area contributed by atoms with Crippen molar-refractivity contribution in [1.29, 1.82) is 5.26 Å². The fourth-order valence-corrected chi connectivity index (χ4v) is 2.71. The summed E-state index contributed by atoms with van der Waals surface area (Å²) in [5.74, 6) is 0. The Hall–Kier alpha value is -2.81. The van der Waals surface area contributed by atoms with Gasteiger partial charge in [-0.05, 0) is 12.5 Å². The van der Waals surface area contributed by atoms with Gasteiger partial charge >= 0.3 is 0 Å². The largest absolute Gasteiger partial charge is 0.370 e. The summed E-state index contributed by atoms with van der Waals surface area (Å²) in [6.45, 7) is 2.06. The fraction of sp³-hybridized carbons (Fsp3) is 0.267. The molecule has 21 heavy (non-hydrogen) atoms. The van der Waals surface area contributed by atoms with Gasteiger partial charge in [0.1, 0.15) is 11.6 Å². The lowest BCUT2D eigenvalue weighted by molar-refractivity contribution is 0.618. The maximum Gasteiger partial charge on any atom is 0.107 e. The van der Waals surface area contributed by atoms with Gasteiger partial charge in [-0.15, -0.1) is 0 Å². The van der Waals surface area contributed by atoms with E-state index in [-0.39, 0.29) is 0 Å². The van der Waals surface area contributed by atoms with Crippen LogP contribution in [0.5, 0.6) is 0 Å². The molecule has 0 amide bonds. The second kappa shape index (κ2) is 4.35. The molecule has 0 unspecified atom stereocenters. The highest BCUT2D eigenvalue weighted by Gasteiger charge is 2.21. The van der Waals surface area contributed by atoms with Crippen LogP contribution >= 0.6 is 0 Å². The van der Waals surface area contributed by atoms with Crippen molar-refractivity contribution in [2.24, 2.45) is 7.05 Å². The third-order valence-corrected chi connectivity index (χ3v) is 3.95. The number of hydrogen-bond donors (Lipinski definition) is 0. The maximum atomic E-state index is 9.28. The number of fused-ring (bicyclic) bond motifs is 1. The molecule has 0 aromatic carbocycles. The topological polar surface area (TPSA) is 62.2 Å². The second-order valence-corrected chi connectivity index (χ2v) is 5.32. The average Bonchev–Trinajstić information content (AvgIpc) is 3.02. The summed E-state index contributed by atoms with van der Waals surface area (Å²) in [7, 11) is 1.90. The summed E-state index contributed by atoms with van der Waals surface area (Å²) in [5, 5.41) is 17.8. The summed E-state index contributed by atoms with van der Waals surface area (Å²) in [6, 6.07) is 4.36. The monoisotopic (exact) mass is 278 g/mol. The highest BCUT2D eigenvalue weighted by Crippen LogP contribution is 2.32. The van der Waals surface area contributed by atoms with Crippen molar-refractivity contribution < 1.29 is 0 Å². The molecule has 3 aromatic rings. The van der Waals surface area contributed by atoms with Crippen LogP contribution in [0, 0.1) is 11.3 Å². The van der Waals surface area contributed by atoms with Gasteiger partial charge in [-0.1, -0.05) is 0 Å². The lowest BCUT2D eigenvalue weighted by Gasteiger charge is -2.34. The second-order valence-electron chi connectivity index (χ2n) is 5.32. The van der Waals surface area contributed by atoms with Crippen molar-refractivity contribution in [2.45, 2.75) is 6.42 Å². The van der Waals surface area contributed by atoms with Crippen LogP contribution in [0.4, 0.5) is 5.69 Å². The van der Waals surface area contributed by atoms with Gasteiger partial charge in [-0.3, -0.25) is 4.68 Å². The van der Waals surface area contributed by atoms with Crippen LogP contribution < -0.4 is 4.90 Å². The van der Waals surface area contributed by atoms with Gasteiger partial charge in [0.15, 0.2) is 0 Å². The van der Waals surface area contributed by atoms with Gasteiger partial charge in [0, 0.05) is 43.7 Å². The molecule has 4 heterocycles. The number of pyridine rings is 1. The summed E-state index contributed by atoms with van der Waals surface area (Å²) in [6.07, 6.45) is 8.60.